The highest BCUT2D eigenvalue weighted by Crippen LogP contribution is 2.68. The zero-order chi connectivity index (χ0) is 38.2. The molecule has 0 saturated heterocycles. The third-order valence-electron chi connectivity index (χ3n) is 13.7. The number of hydrogen-bond donors (Lipinski definition) is 8. The van der Waals surface area contributed by atoms with Gasteiger partial charge in [-0.25, -0.2) is 4.79 Å². The Hall–Kier alpha value is -3.13. The number of ether oxygens (including phenoxy) is 1. The number of rotatable bonds is 17. The van der Waals surface area contributed by atoms with Crippen LogP contribution in [0.2, 0.25) is 0 Å². The minimum absolute atomic E-state index is 0.0521. The molecule has 0 bridgehead atoms. The van der Waals surface area contributed by atoms with E-state index in [2.05, 4.69) is 41.4 Å². The Bertz CT molecular complexity index is 1290. The quantitative estimate of drug-likeness (QED) is 0.0467. The van der Waals surface area contributed by atoms with Crippen LogP contribution in [0.1, 0.15) is 118 Å². The van der Waals surface area contributed by atoms with Crippen molar-refractivity contribution in [2.24, 2.45) is 79.3 Å². The lowest BCUT2D eigenvalue weighted by molar-refractivity contribution is -0.174. The van der Waals surface area contributed by atoms with Gasteiger partial charge >= 0.3 is 5.97 Å². The Morgan fingerprint density at radius 3 is 2.08 bits per heavy atom. The lowest BCUT2D eigenvalue weighted by Gasteiger charge is -2.62. The lowest BCUT2D eigenvalue weighted by atomic mass is 9.43. The molecule has 52 heavy (non-hydrogen) atoms. The number of nitrogens with zero attached hydrogens (tertiary/aromatic N) is 2. The van der Waals surface area contributed by atoms with E-state index in [1.807, 2.05) is 0 Å². The summed E-state index contributed by atoms with van der Waals surface area (Å²) in [5.74, 6) is 0.977. The third kappa shape index (κ3) is 9.89. The Morgan fingerprint density at radius 1 is 0.827 bits per heavy atom. The first-order valence-corrected chi connectivity index (χ1v) is 19.8. The predicted molar refractivity (Wildman–Crippen MR) is 201 cm³/mol. The number of amides is 2. The van der Waals surface area contributed by atoms with Crippen LogP contribution in [0.5, 0.6) is 0 Å². The highest BCUT2D eigenvalue weighted by molar-refractivity contribution is 5.90. The summed E-state index contributed by atoms with van der Waals surface area (Å²) in [5.41, 5.74) is 22.1. The van der Waals surface area contributed by atoms with Crippen LogP contribution in [0.3, 0.4) is 0 Å². The van der Waals surface area contributed by atoms with Crippen LogP contribution in [0, 0.1) is 46.3 Å². The van der Waals surface area contributed by atoms with Gasteiger partial charge in [0.2, 0.25) is 11.8 Å². The summed E-state index contributed by atoms with van der Waals surface area (Å²) < 4.78 is 5.20. The molecule has 4 fully saturated rings. The molecule has 4 aliphatic rings. The van der Waals surface area contributed by atoms with E-state index in [0.717, 1.165) is 51.4 Å². The van der Waals surface area contributed by atoms with E-state index >= 15 is 0 Å². The van der Waals surface area contributed by atoms with Crippen LogP contribution in [0.25, 0.3) is 0 Å². The van der Waals surface area contributed by atoms with Crippen molar-refractivity contribution in [3.05, 3.63) is 0 Å². The maximum Gasteiger partial charge on any atom is 0.328 e. The topological polar surface area (TPSA) is 254 Å². The molecule has 296 valence electrons. The second-order valence-corrected chi connectivity index (χ2v) is 16.8. The second-order valence-electron chi connectivity index (χ2n) is 16.8. The Kier molecular flexibility index (Phi) is 14.6. The van der Waals surface area contributed by atoms with E-state index in [-0.39, 0.29) is 66.7 Å². The summed E-state index contributed by atoms with van der Waals surface area (Å²) in [4.78, 5) is 47.7. The molecule has 4 saturated carbocycles. The Labute approximate surface area is 310 Å². The molecule has 1 unspecified atom stereocenters. The summed E-state index contributed by atoms with van der Waals surface area (Å²) in [5, 5.41) is 27.7. The van der Waals surface area contributed by atoms with Crippen LogP contribution in [0.4, 0.5) is 0 Å². The molecule has 0 aromatic rings. The molecule has 4 aliphatic carbocycles. The van der Waals surface area contributed by atoms with Gasteiger partial charge in [0.15, 0.2) is 11.9 Å². The number of hydrogen-bond acceptors (Lipinski definition) is 8. The van der Waals surface area contributed by atoms with E-state index in [4.69, 9.17) is 27.7 Å². The van der Waals surface area contributed by atoms with Crippen molar-refractivity contribution in [2.45, 2.75) is 142 Å². The van der Waals surface area contributed by atoms with Gasteiger partial charge in [0.25, 0.3) is 0 Å². The number of esters is 1. The zero-order valence-electron chi connectivity index (χ0n) is 32.0. The van der Waals surface area contributed by atoms with Crippen molar-refractivity contribution in [3.8, 4) is 0 Å². The van der Waals surface area contributed by atoms with E-state index in [0.29, 0.717) is 67.9 Å². The number of guanidine groups is 2. The highest BCUT2D eigenvalue weighted by Gasteiger charge is 2.62. The fourth-order valence-corrected chi connectivity index (χ4v) is 11.0. The number of nitrogens with two attached hydrogens (primary N) is 4. The van der Waals surface area contributed by atoms with Crippen LogP contribution >= 0.6 is 0 Å². The monoisotopic (exact) mass is 733 g/mol. The minimum Gasteiger partial charge on any atom is -0.464 e. The number of nitrogens with one attached hydrogen (secondary N) is 2. The van der Waals surface area contributed by atoms with Gasteiger partial charge < -0.3 is 48.5 Å². The molecule has 12 N–H and O–H groups in total. The first-order valence-electron chi connectivity index (χ1n) is 19.8. The molecule has 14 heteroatoms. The zero-order valence-corrected chi connectivity index (χ0v) is 32.0. The summed E-state index contributed by atoms with van der Waals surface area (Å²) in [6.45, 7) is 9.55. The van der Waals surface area contributed by atoms with Gasteiger partial charge in [0.05, 0.1) is 18.8 Å². The highest BCUT2D eigenvalue weighted by atomic mass is 16.5. The van der Waals surface area contributed by atoms with Crippen molar-refractivity contribution >= 4 is 29.7 Å². The van der Waals surface area contributed by atoms with E-state index < -0.39 is 24.0 Å². The van der Waals surface area contributed by atoms with Crippen LogP contribution in [-0.2, 0) is 19.1 Å². The van der Waals surface area contributed by atoms with E-state index in [9.17, 15) is 24.6 Å². The predicted octanol–water partition coefficient (Wildman–Crippen LogP) is 2.03. The second kappa shape index (κ2) is 18.3. The molecule has 0 aromatic heterocycles. The van der Waals surface area contributed by atoms with Gasteiger partial charge in [0.1, 0.15) is 12.1 Å². The molecule has 0 heterocycles. The molecule has 12 atom stereocenters. The molecule has 0 aliphatic heterocycles. The van der Waals surface area contributed by atoms with Crippen molar-refractivity contribution in [2.75, 3.05) is 19.7 Å². The van der Waals surface area contributed by atoms with E-state index in [1.165, 1.54) is 0 Å². The maximum atomic E-state index is 13.6. The molecule has 14 nitrogen and oxygen atoms in total. The molecular formula is C38H68N8O6. The maximum absolute atomic E-state index is 13.6. The number of aliphatic hydroxyl groups excluding tert-OH is 2. The summed E-state index contributed by atoms with van der Waals surface area (Å²) in [6, 6.07) is -1.82. The smallest absolute Gasteiger partial charge is 0.328 e. The van der Waals surface area contributed by atoms with Gasteiger partial charge in [-0.2, -0.15) is 0 Å². The van der Waals surface area contributed by atoms with Crippen molar-refractivity contribution in [1.82, 2.24) is 10.6 Å². The first-order chi connectivity index (χ1) is 24.6. The van der Waals surface area contributed by atoms with Gasteiger partial charge in [-0.15, -0.1) is 0 Å². The average Bonchev–Trinajstić information content (AvgIpc) is 3.44. The number of aliphatic hydroxyl groups is 2. The Balaban J connectivity index is 1.37. The largest absolute Gasteiger partial charge is 0.464 e. The molecule has 2 amide bonds. The van der Waals surface area contributed by atoms with Crippen molar-refractivity contribution < 1.29 is 29.3 Å². The normalized spacial score (nSPS) is 33.9. The van der Waals surface area contributed by atoms with Gasteiger partial charge in [-0.05, 0) is 137 Å². The molecule has 0 aromatic carbocycles. The molecule has 0 spiro atoms. The van der Waals surface area contributed by atoms with Crippen LogP contribution in [-0.4, -0.2) is 83.9 Å². The summed E-state index contributed by atoms with van der Waals surface area (Å²) in [6.07, 6.45) is 9.75. The molecular weight excluding hydrogens is 664 g/mol. The molecule has 4 rings (SSSR count). The standard InChI is InChI=1S/C38H68N8O6/c1-5-52-34(51)29(9-7-19-44-36(41)42)46-33(50)28(8-6-18-43-35(39)40)45-31(49)13-10-22(2)25-11-12-26-32-27(15-17-38(25,26)4)37(3)16-14-24(47)20-23(37)21-30(32)48/h22-30,32,47-48H,5-21H2,1-4H3,(H,45,49)(H,46,50)(H4,39,40,43)(H4,41,42,44)/t22-,23+,24-,25-,26+,27+,28+,29?,30-,32+,37+,38-/m1/s1. The van der Waals surface area contributed by atoms with Gasteiger partial charge in [-0.1, -0.05) is 20.8 Å². The average molecular weight is 733 g/mol. The SMILES string of the molecule is CCOC(=O)C(CCCN=C(N)N)NC(=O)[C@H](CCCN=C(N)N)NC(=O)CC[C@@H](C)[C@H]1CC[C@H]2[C@@H]3[C@H](O)C[C@@H]4C[C@H](O)CC[C@]4(C)[C@H]3CC[C@]12C. The number of aliphatic imine (C=N–C) groups is 2. The lowest BCUT2D eigenvalue weighted by Crippen LogP contribution is -2.58. The van der Waals surface area contributed by atoms with Crippen LogP contribution in [0.15, 0.2) is 9.98 Å². The van der Waals surface area contributed by atoms with Crippen molar-refractivity contribution in [3.63, 3.8) is 0 Å². The van der Waals surface area contributed by atoms with Gasteiger partial charge in [-0.3, -0.25) is 19.6 Å². The van der Waals surface area contributed by atoms with Gasteiger partial charge in [0, 0.05) is 19.5 Å². The van der Waals surface area contributed by atoms with Crippen molar-refractivity contribution in [1.29, 1.82) is 0 Å². The Morgan fingerprint density at radius 2 is 1.44 bits per heavy atom. The summed E-state index contributed by atoms with van der Waals surface area (Å²) >= 11 is 0. The number of carbonyl (C=O) groups excluding carboxylic acids is 3. The first kappa shape index (κ1) is 41.6. The molecule has 0 radical (unpaired) electrons. The number of fused-ring (bicyclic) bond motifs is 5. The van der Waals surface area contributed by atoms with Crippen LogP contribution < -0.4 is 33.6 Å². The minimum atomic E-state index is -0.925. The summed E-state index contributed by atoms with van der Waals surface area (Å²) in [7, 11) is 0. The van der Waals surface area contributed by atoms with E-state index in [1.54, 1.807) is 6.92 Å². The fraction of sp³-hybridized carbons (Fsp3) is 0.868. The fourth-order valence-electron chi connectivity index (χ4n) is 11.0. The number of carbonyl (C=O) groups is 3. The third-order valence-corrected chi connectivity index (χ3v) is 13.7.